The number of nitrogens with one attached hydrogen (secondary N) is 1. The van der Waals surface area contributed by atoms with Gasteiger partial charge in [-0.25, -0.2) is 4.98 Å². The monoisotopic (exact) mass is 218 g/mol. The minimum absolute atomic E-state index is 0.486. The minimum atomic E-state index is 0.486. The summed E-state index contributed by atoms with van der Waals surface area (Å²) < 4.78 is 0. The second-order valence-electron chi connectivity index (χ2n) is 5.82. The predicted molar refractivity (Wildman–Crippen MR) is 68.6 cm³/mol. The summed E-state index contributed by atoms with van der Waals surface area (Å²) in [6.07, 6.45) is 7.09. The highest BCUT2D eigenvalue weighted by atomic mass is 15.0. The Morgan fingerprint density at radius 2 is 2.25 bits per heavy atom. The second-order valence-corrected chi connectivity index (χ2v) is 5.82. The first-order valence-electron chi connectivity index (χ1n) is 6.24. The van der Waals surface area contributed by atoms with Gasteiger partial charge >= 0.3 is 0 Å². The van der Waals surface area contributed by atoms with Gasteiger partial charge in [0.1, 0.15) is 5.82 Å². The van der Waals surface area contributed by atoms with Gasteiger partial charge < -0.3 is 5.32 Å². The van der Waals surface area contributed by atoms with E-state index in [1.165, 1.54) is 31.2 Å². The number of anilines is 1. The Labute approximate surface area is 98.5 Å². The van der Waals surface area contributed by atoms with Crippen molar-refractivity contribution in [3.8, 4) is 0 Å². The van der Waals surface area contributed by atoms with E-state index < -0.39 is 0 Å². The number of pyridine rings is 1. The molecule has 0 amide bonds. The Kier molecular flexibility index (Phi) is 3.17. The van der Waals surface area contributed by atoms with Crippen LogP contribution >= 0.6 is 0 Å². The van der Waals surface area contributed by atoms with Crippen molar-refractivity contribution in [2.75, 3.05) is 5.32 Å². The zero-order valence-electron chi connectivity index (χ0n) is 10.6. The fourth-order valence-corrected chi connectivity index (χ4v) is 2.65. The fraction of sp³-hybridized carbons (Fsp3) is 0.643. The topological polar surface area (TPSA) is 24.9 Å². The highest BCUT2D eigenvalue weighted by Gasteiger charge is 2.27. The lowest BCUT2D eigenvalue weighted by Gasteiger charge is -2.35. The third kappa shape index (κ3) is 2.97. The molecule has 0 saturated heterocycles. The van der Waals surface area contributed by atoms with Crippen molar-refractivity contribution in [3.63, 3.8) is 0 Å². The number of aryl methyl sites for hydroxylation is 1. The maximum absolute atomic E-state index is 4.37. The van der Waals surface area contributed by atoms with Gasteiger partial charge in [-0.15, -0.1) is 0 Å². The quantitative estimate of drug-likeness (QED) is 0.817. The molecule has 1 aromatic heterocycles. The number of hydrogen-bond donors (Lipinski definition) is 1. The Bertz CT molecular complexity index is 358. The molecule has 1 N–H and O–H groups in total. The highest BCUT2D eigenvalue weighted by Crippen LogP contribution is 2.36. The van der Waals surface area contributed by atoms with E-state index in [2.05, 4.69) is 37.1 Å². The summed E-state index contributed by atoms with van der Waals surface area (Å²) in [5.74, 6) is 1.03. The van der Waals surface area contributed by atoms with Crippen LogP contribution in [0.1, 0.15) is 45.1 Å². The number of nitrogens with zero attached hydrogens (tertiary/aromatic N) is 1. The van der Waals surface area contributed by atoms with Crippen LogP contribution in [0.25, 0.3) is 0 Å². The Morgan fingerprint density at radius 1 is 1.44 bits per heavy atom. The van der Waals surface area contributed by atoms with Gasteiger partial charge in [0.05, 0.1) is 0 Å². The van der Waals surface area contributed by atoms with Crippen LogP contribution in [0.4, 0.5) is 5.82 Å². The summed E-state index contributed by atoms with van der Waals surface area (Å²) in [4.78, 5) is 4.37. The summed E-state index contributed by atoms with van der Waals surface area (Å²) in [5.41, 5.74) is 1.76. The van der Waals surface area contributed by atoms with E-state index in [4.69, 9.17) is 0 Å². The van der Waals surface area contributed by atoms with Crippen molar-refractivity contribution in [1.29, 1.82) is 0 Å². The first kappa shape index (κ1) is 11.4. The Morgan fingerprint density at radius 3 is 2.94 bits per heavy atom. The first-order chi connectivity index (χ1) is 7.55. The summed E-state index contributed by atoms with van der Waals surface area (Å²) >= 11 is 0. The summed E-state index contributed by atoms with van der Waals surface area (Å²) in [7, 11) is 0. The molecule has 1 aromatic rings. The second kappa shape index (κ2) is 4.44. The van der Waals surface area contributed by atoms with Gasteiger partial charge in [-0.2, -0.15) is 0 Å². The van der Waals surface area contributed by atoms with Gasteiger partial charge in [0.25, 0.3) is 0 Å². The van der Waals surface area contributed by atoms with Gasteiger partial charge in [-0.05, 0) is 49.3 Å². The van der Waals surface area contributed by atoms with Gasteiger partial charge in [0, 0.05) is 12.2 Å². The molecule has 2 heteroatoms. The van der Waals surface area contributed by atoms with E-state index in [1.54, 1.807) is 0 Å². The molecule has 1 fully saturated rings. The molecule has 88 valence electrons. The summed E-state index contributed by atoms with van der Waals surface area (Å²) in [6, 6.07) is 4.76. The van der Waals surface area contributed by atoms with Crippen molar-refractivity contribution in [1.82, 2.24) is 4.98 Å². The zero-order valence-corrected chi connectivity index (χ0v) is 10.6. The van der Waals surface area contributed by atoms with E-state index in [0.29, 0.717) is 11.5 Å². The minimum Gasteiger partial charge on any atom is -0.367 e. The zero-order chi connectivity index (χ0) is 11.6. The molecule has 1 unspecified atom stereocenters. The Hall–Kier alpha value is -1.05. The van der Waals surface area contributed by atoms with Crippen molar-refractivity contribution in [3.05, 3.63) is 23.9 Å². The molecule has 0 bridgehead atoms. The number of hydrogen-bond acceptors (Lipinski definition) is 2. The predicted octanol–water partition coefficient (Wildman–Crippen LogP) is 3.77. The van der Waals surface area contributed by atoms with Gasteiger partial charge in [-0.1, -0.05) is 20.3 Å². The van der Waals surface area contributed by atoms with Crippen LogP contribution in [0.5, 0.6) is 0 Å². The molecule has 1 aliphatic rings. The van der Waals surface area contributed by atoms with Gasteiger partial charge in [0.15, 0.2) is 0 Å². The molecule has 0 aromatic carbocycles. The van der Waals surface area contributed by atoms with Crippen molar-refractivity contribution in [2.45, 2.75) is 52.5 Å². The maximum Gasteiger partial charge on any atom is 0.126 e. The highest BCUT2D eigenvalue weighted by molar-refractivity contribution is 5.38. The van der Waals surface area contributed by atoms with Crippen molar-refractivity contribution < 1.29 is 0 Å². The smallest absolute Gasteiger partial charge is 0.126 e. The SMILES string of the molecule is Cc1ccnc(NC2CCCC(C)(C)C2)c1. The van der Waals surface area contributed by atoms with Gasteiger partial charge in [0.2, 0.25) is 0 Å². The van der Waals surface area contributed by atoms with Crippen LogP contribution < -0.4 is 5.32 Å². The Balaban J connectivity index is 1.99. The third-order valence-corrected chi connectivity index (χ3v) is 3.47. The van der Waals surface area contributed by atoms with Crippen LogP contribution in [-0.4, -0.2) is 11.0 Å². The molecular formula is C14H22N2. The van der Waals surface area contributed by atoms with Crippen LogP contribution in [0, 0.1) is 12.3 Å². The largest absolute Gasteiger partial charge is 0.367 e. The summed E-state index contributed by atoms with van der Waals surface area (Å²) in [6.45, 7) is 6.84. The molecule has 0 spiro atoms. The van der Waals surface area contributed by atoms with Gasteiger partial charge in [-0.3, -0.25) is 0 Å². The average Bonchev–Trinajstić information content (AvgIpc) is 2.15. The molecule has 1 atom stereocenters. The lowest BCUT2D eigenvalue weighted by Crippen LogP contribution is -2.32. The van der Waals surface area contributed by atoms with Crippen LogP contribution in [0.15, 0.2) is 18.3 Å². The van der Waals surface area contributed by atoms with E-state index in [1.807, 2.05) is 12.3 Å². The standard InChI is InChI=1S/C14H22N2/c1-11-6-8-15-13(9-11)16-12-5-4-7-14(2,3)10-12/h6,8-9,12H,4-5,7,10H2,1-3H3,(H,15,16). The van der Waals surface area contributed by atoms with Crippen molar-refractivity contribution in [2.24, 2.45) is 5.41 Å². The molecule has 0 radical (unpaired) electrons. The number of rotatable bonds is 2. The van der Waals surface area contributed by atoms with Crippen molar-refractivity contribution >= 4 is 5.82 Å². The van der Waals surface area contributed by atoms with Crippen LogP contribution in [0.3, 0.4) is 0 Å². The van der Waals surface area contributed by atoms with E-state index >= 15 is 0 Å². The molecular weight excluding hydrogens is 196 g/mol. The third-order valence-electron chi connectivity index (χ3n) is 3.47. The maximum atomic E-state index is 4.37. The summed E-state index contributed by atoms with van der Waals surface area (Å²) in [5, 5.41) is 3.57. The normalized spacial score (nSPS) is 24.1. The molecule has 1 aliphatic carbocycles. The molecule has 16 heavy (non-hydrogen) atoms. The van der Waals surface area contributed by atoms with E-state index in [0.717, 1.165) is 5.82 Å². The number of aromatic nitrogens is 1. The van der Waals surface area contributed by atoms with Crippen LogP contribution in [-0.2, 0) is 0 Å². The molecule has 0 aliphatic heterocycles. The lowest BCUT2D eigenvalue weighted by atomic mass is 9.75. The van der Waals surface area contributed by atoms with E-state index in [9.17, 15) is 0 Å². The molecule has 2 rings (SSSR count). The first-order valence-corrected chi connectivity index (χ1v) is 6.24. The van der Waals surface area contributed by atoms with E-state index in [-0.39, 0.29) is 0 Å². The lowest BCUT2D eigenvalue weighted by molar-refractivity contribution is 0.229. The molecule has 2 nitrogen and oxygen atoms in total. The van der Waals surface area contributed by atoms with Crippen LogP contribution in [0.2, 0.25) is 0 Å². The average molecular weight is 218 g/mol. The fourth-order valence-electron chi connectivity index (χ4n) is 2.65. The molecule has 1 saturated carbocycles. The molecule has 1 heterocycles.